The normalized spacial score (nSPS) is 26.2. The molecule has 168 valence electrons. The molecule has 2 amide bonds. The Morgan fingerprint density at radius 2 is 2.00 bits per heavy atom. The van der Waals surface area contributed by atoms with Crippen molar-refractivity contribution < 1.29 is 14.3 Å². The Labute approximate surface area is 192 Å². The number of hydrogen-bond donors (Lipinski definition) is 3. The molecule has 3 fully saturated rings. The van der Waals surface area contributed by atoms with Crippen LogP contribution in [0, 0.1) is 0 Å². The molecule has 0 bridgehead atoms. The Balaban J connectivity index is 1.29. The molecule has 0 aromatic heterocycles. The van der Waals surface area contributed by atoms with E-state index in [2.05, 4.69) is 20.9 Å². The van der Waals surface area contributed by atoms with Crippen molar-refractivity contribution in [1.29, 1.82) is 0 Å². The largest absolute Gasteiger partial charge is 0.378 e. The number of benzene rings is 1. The average Bonchev–Trinajstić information content (AvgIpc) is 3.20. The first kappa shape index (κ1) is 22.3. The predicted octanol–water partition coefficient (Wildman–Crippen LogP) is 1.21. The maximum absolute atomic E-state index is 12.5. The van der Waals surface area contributed by atoms with Crippen LogP contribution in [0.3, 0.4) is 0 Å². The van der Waals surface area contributed by atoms with Crippen LogP contribution >= 0.6 is 23.8 Å². The zero-order chi connectivity index (χ0) is 21.8. The van der Waals surface area contributed by atoms with Crippen molar-refractivity contribution in [2.75, 3.05) is 44.7 Å². The Morgan fingerprint density at radius 1 is 1.26 bits per heavy atom. The van der Waals surface area contributed by atoms with Gasteiger partial charge in [-0.1, -0.05) is 11.6 Å². The van der Waals surface area contributed by atoms with Crippen LogP contribution in [0.4, 0.5) is 5.69 Å². The van der Waals surface area contributed by atoms with Crippen molar-refractivity contribution in [1.82, 2.24) is 20.4 Å². The number of rotatable bonds is 5. The topological polar surface area (TPSA) is 85.9 Å². The molecule has 0 aliphatic carbocycles. The SMILES string of the molecule is O=C1NC[C@@H](CCC(=O)N2CCOCC2)N2C[C@H](NC(=S)Nc3ccc(Cl)cc3)C[C@@H]12. The van der Waals surface area contributed by atoms with E-state index in [0.29, 0.717) is 55.8 Å². The number of nitrogens with zero attached hydrogens (tertiary/aromatic N) is 2. The summed E-state index contributed by atoms with van der Waals surface area (Å²) in [7, 11) is 0. The Morgan fingerprint density at radius 3 is 2.74 bits per heavy atom. The van der Waals surface area contributed by atoms with Crippen molar-refractivity contribution >= 4 is 46.4 Å². The van der Waals surface area contributed by atoms with Gasteiger partial charge in [-0.05, 0) is 49.3 Å². The van der Waals surface area contributed by atoms with Crippen LogP contribution in [0.15, 0.2) is 24.3 Å². The summed E-state index contributed by atoms with van der Waals surface area (Å²) in [4.78, 5) is 29.1. The summed E-state index contributed by atoms with van der Waals surface area (Å²) in [6, 6.07) is 7.36. The number of morpholine rings is 1. The summed E-state index contributed by atoms with van der Waals surface area (Å²) in [5.41, 5.74) is 0.856. The number of anilines is 1. The lowest BCUT2D eigenvalue weighted by Crippen LogP contribution is -2.58. The fraction of sp³-hybridized carbons (Fsp3) is 0.571. The van der Waals surface area contributed by atoms with Gasteiger partial charge in [-0.25, -0.2) is 0 Å². The molecule has 1 aromatic rings. The molecule has 0 unspecified atom stereocenters. The molecule has 3 saturated heterocycles. The van der Waals surface area contributed by atoms with Crippen LogP contribution in [0.25, 0.3) is 0 Å². The molecule has 8 nitrogen and oxygen atoms in total. The van der Waals surface area contributed by atoms with E-state index in [1.54, 1.807) is 12.1 Å². The number of amides is 2. The van der Waals surface area contributed by atoms with Gasteiger partial charge < -0.3 is 25.6 Å². The highest BCUT2D eigenvalue weighted by molar-refractivity contribution is 7.80. The number of ether oxygens (including phenoxy) is 1. The standard InChI is InChI=1S/C21H28ClN5O3S/c22-14-1-3-15(4-2-14)24-21(31)25-16-11-18-20(29)23-12-17(27(18)13-16)5-6-19(28)26-7-9-30-10-8-26/h1-4,16-18H,5-13H2,(H,23,29)(H2,24,25,31)/t16-,17-,18+/m1/s1. The number of carbonyl (C=O) groups is 2. The van der Waals surface area contributed by atoms with E-state index in [1.165, 1.54) is 0 Å². The van der Waals surface area contributed by atoms with Crippen LogP contribution in [-0.4, -0.2) is 84.2 Å². The van der Waals surface area contributed by atoms with Gasteiger partial charge in [-0.2, -0.15) is 0 Å². The predicted molar refractivity (Wildman–Crippen MR) is 123 cm³/mol. The highest BCUT2D eigenvalue weighted by atomic mass is 35.5. The van der Waals surface area contributed by atoms with E-state index in [-0.39, 0.29) is 29.9 Å². The second-order valence-electron chi connectivity index (χ2n) is 8.18. The van der Waals surface area contributed by atoms with Crippen LogP contribution in [0.1, 0.15) is 19.3 Å². The van der Waals surface area contributed by atoms with Gasteiger partial charge in [0.25, 0.3) is 0 Å². The molecule has 3 heterocycles. The molecule has 3 N–H and O–H groups in total. The number of piperazine rings is 1. The Kier molecular flexibility index (Phi) is 7.27. The van der Waals surface area contributed by atoms with Gasteiger partial charge in [0.05, 0.1) is 19.3 Å². The van der Waals surface area contributed by atoms with Crippen LogP contribution in [0.5, 0.6) is 0 Å². The van der Waals surface area contributed by atoms with Crippen molar-refractivity contribution in [2.24, 2.45) is 0 Å². The molecule has 10 heteroatoms. The zero-order valence-corrected chi connectivity index (χ0v) is 18.9. The minimum absolute atomic E-state index is 0.0524. The molecule has 4 rings (SSSR count). The van der Waals surface area contributed by atoms with Crippen molar-refractivity contribution in [3.8, 4) is 0 Å². The lowest BCUT2D eigenvalue weighted by molar-refractivity contribution is -0.135. The molecular weight excluding hydrogens is 438 g/mol. The summed E-state index contributed by atoms with van der Waals surface area (Å²) in [5, 5.41) is 10.7. The summed E-state index contributed by atoms with van der Waals surface area (Å²) >= 11 is 11.4. The van der Waals surface area contributed by atoms with E-state index in [0.717, 1.165) is 18.7 Å². The minimum Gasteiger partial charge on any atom is -0.378 e. The quantitative estimate of drug-likeness (QED) is 0.563. The van der Waals surface area contributed by atoms with E-state index in [9.17, 15) is 9.59 Å². The zero-order valence-electron chi connectivity index (χ0n) is 17.3. The van der Waals surface area contributed by atoms with Gasteiger partial charge >= 0.3 is 0 Å². The van der Waals surface area contributed by atoms with Gasteiger partial charge in [0.2, 0.25) is 11.8 Å². The first-order valence-corrected chi connectivity index (χ1v) is 11.5. The Bertz CT molecular complexity index is 818. The van der Waals surface area contributed by atoms with Crippen LogP contribution in [0.2, 0.25) is 5.02 Å². The van der Waals surface area contributed by atoms with Crippen molar-refractivity contribution in [2.45, 2.75) is 37.4 Å². The summed E-state index contributed by atoms with van der Waals surface area (Å²) in [6.45, 7) is 3.84. The molecule has 3 aliphatic heterocycles. The second-order valence-corrected chi connectivity index (χ2v) is 9.03. The maximum atomic E-state index is 12.5. The fourth-order valence-corrected chi connectivity index (χ4v) is 4.91. The Hall–Kier alpha value is -1.94. The number of thiocarbonyl (C=S) groups is 1. The first-order chi connectivity index (χ1) is 15.0. The minimum atomic E-state index is -0.187. The molecule has 0 saturated carbocycles. The van der Waals surface area contributed by atoms with Gasteiger partial charge in [0.1, 0.15) is 0 Å². The van der Waals surface area contributed by atoms with E-state index >= 15 is 0 Å². The second kappa shape index (κ2) is 10.1. The lowest BCUT2D eigenvalue weighted by atomic mass is 10.0. The average molecular weight is 466 g/mol. The summed E-state index contributed by atoms with van der Waals surface area (Å²) < 4.78 is 5.32. The maximum Gasteiger partial charge on any atom is 0.237 e. The fourth-order valence-electron chi connectivity index (χ4n) is 4.50. The number of fused-ring (bicyclic) bond motifs is 1. The van der Waals surface area contributed by atoms with Crippen molar-refractivity contribution in [3.05, 3.63) is 29.3 Å². The highest BCUT2D eigenvalue weighted by Crippen LogP contribution is 2.26. The smallest absolute Gasteiger partial charge is 0.237 e. The number of carbonyl (C=O) groups excluding carboxylic acids is 2. The molecule has 31 heavy (non-hydrogen) atoms. The van der Waals surface area contributed by atoms with Crippen LogP contribution < -0.4 is 16.0 Å². The van der Waals surface area contributed by atoms with Gasteiger partial charge in [0.15, 0.2) is 5.11 Å². The van der Waals surface area contributed by atoms with E-state index in [4.69, 9.17) is 28.6 Å². The molecule has 3 atom stereocenters. The molecule has 0 radical (unpaired) electrons. The number of halogens is 1. The number of nitrogens with one attached hydrogen (secondary N) is 3. The summed E-state index contributed by atoms with van der Waals surface area (Å²) in [5.74, 6) is 0.218. The molecule has 3 aliphatic rings. The first-order valence-electron chi connectivity index (χ1n) is 10.7. The third kappa shape index (κ3) is 5.65. The third-order valence-electron chi connectivity index (χ3n) is 6.12. The summed E-state index contributed by atoms with van der Waals surface area (Å²) in [6.07, 6.45) is 1.90. The monoisotopic (exact) mass is 465 g/mol. The van der Waals surface area contributed by atoms with Gasteiger partial charge in [-0.15, -0.1) is 0 Å². The molecule has 1 aromatic carbocycles. The molecular formula is C21H28ClN5O3S. The van der Waals surface area contributed by atoms with Crippen molar-refractivity contribution in [3.63, 3.8) is 0 Å². The number of hydrogen-bond acceptors (Lipinski definition) is 5. The van der Waals surface area contributed by atoms with Gasteiger partial charge in [0, 0.05) is 55.4 Å². The highest BCUT2D eigenvalue weighted by Gasteiger charge is 2.43. The van der Waals surface area contributed by atoms with Gasteiger partial charge in [-0.3, -0.25) is 14.5 Å². The van der Waals surface area contributed by atoms with Crippen LogP contribution in [-0.2, 0) is 14.3 Å². The lowest BCUT2D eigenvalue weighted by Gasteiger charge is -2.37. The third-order valence-corrected chi connectivity index (χ3v) is 6.59. The molecule has 0 spiro atoms. The van der Waals surface area contributed by atoms with E-state index < -0.39 is 0 Å². The van der Waals surface area contributed by atoms with E-state index in [1.807, 2.05) is 17.0 Å².